The van der Waals surface area contributed by atoms with Crippen molar-refractivity contribution in [1.29, 1.82) is 0 Å². The van der Waals surface area contributed by atoms with E-state index in [0.717, 1.165) is 10.5 Å². The second-order valence-corrected chi connectivity index (χ2v) is 8.10. The highest BCUT2D eigenvalue weighted by Gasteiger charge is 2.33. The Kier molecular flexibility index (Phi) is 7.03. The van der Waals surface area contributed by atoms with Gasteiger partial charge in [0, 0.05) is 0 Å². The summed E-state index contributed by atoms with van der Waals surface area (Å²) in [6.07, 6.45) is 1.51. The maximum atomic E-state index is 12.8. The molecule has 0 bridgehead atoms. The summed E-state index contributed by atoms with van der Waals surface area (Å²) in [5.41, 5.74) is 2.26. The Balaban J connectivity index is 1.53. The fraction of sp³-hybridized carbons (Fsp3) is 0.115. The van der Waals surface area contributed by atoms with Crippen molar-refractivity contribution in [2.75, 3.05) is 7.11 Å². The summed E-state index contributed by atoms with van der Waals surface area (Å²) in [5, 5.41) is 12.0. The van der Waals surface area contributed by atoms with Gasteiger partial charge in [-0.2, -0.15) is 0 Å². The summed E-state index contributed by atoms with van der Waals surface area (Å²) in [5.74, 6) is -0.899. The number of nitrogens with one attached hydrogen (secondary N) is 1. The first-order valence-electron chi connectivity index (χ1n) is 10.6. The van der Waals surface area contributed by atoms with Gasteiger partial charge in [0.15, 0.2) is 11.5 Å². The number of methoxy groups -OCH3 is 1. The molecule has 0 saturated carbocycles. The molecule has 3 amide bonds. The van der Waals surface area contributed by atoms with E-state index in [0.29, 0.717) is 16.9 Å². The van der Waals surface area contributed by atoms with Crippen LogP contribution in [0.4, 0.5) is 4.79 Å². The third kappa shape index (κ3) is 5.44. The topological polar surface area (TPSA) is 105 Å². The van der Waals surface area contributed by atoms with Crippen molar-refractivity contribution in [3.63, 3.8) is 0 Å². The number of nitrogens with zero attached hydrogens (tertiary/aromatic N) is 1. The highest BCUT2D eigenvalue weighted by atomic mass is 35.5. The molecular formula is C26H21ClN2O6. The van der Waals surface area contributed by atoms with Crippen molar-refractivity contribution >= 4 is 35.6 Å². The Morgan fingerprint density at radius 3 is 2.51 bits per heavy atom. The predicted octanol–water partition coefficient (Wildman–Crippen LogP) is 4.72. The molecule has 178 valence electrons. The number of carbonyl (C=O) groups is 3. The first-order valence-corrected chi connectivity index (χ1v) is 10.9. The molecule has 1 heterocycles. The first-order chi connectivity index (χ1) is 16.9. The fourth-order valence-corrected chi connectivity index (χ4v) is 3.83. The molecule has 0 unspecified atom stereocenters. The van der Waals surface area contributed by atoms with E-state index in [1.165, 1.54) is 25.3 Å². The highest BCUT2D eigenvalue weighted by molar-refractivity contribution is 6.32. The lowest BCUT2D eigenvalue weighted by molar-refractivity contribution is -0.123. The maximum Gasteiger partial charge on any atom is 0.335 e. The van der Waals surface area contributed by atoms with Crippen molar-refractivity contribution in [2.45, 2.75) is 13.2 Å². The number of carboxylic acids is 1. The van der Waals surface area contributed by atoms with E-state index in [4.69, 9.17) is 26.2 Å². The summed E-state index contributed by atoms with van der Waals surface area (Å²) < 4.78 is 11.2. The second-order valence-electron chi connectivity index (χ2n) is 7.69. The lowest BCUT2D eigenvalue weighted by Gasteiger charge is -2.14. The number of halogens is 1. The number of imide groups is 1. The largest absolute Gasteiger partial charge is 0.493 e. The summed E-state index contributed by atoms with van der Waals surface area (Å²) >= 11 is 6.44. The van der Waals surface area contributed by atoms with Gasteiger partial charge in [0.2, 0.25) is 0 Å². The Morgan fingerprint density at radius 2 is 1.80 bits per heavy atom. The zero-order valence-corrected chi connectivity index (χ0v) is 19.4. The number of hydrogen-bond donors (Lipinski definition) is 2. The van der Waals surface area contributed by atoms with Crippen LogP contribution in [0.3, 0.4) is 0 Å². The van der Waals surface area contributed by atoms with E-state index in [-0.39, 0.29) is 35.2 Å². The lowest BCUT2D eigenvalue weighted by atomic mass is 10.1. The molecule has 0 aromatic heterocycles. The second kappa shape index (κ2) is 10.3. The van der Waals surface area contributed by atoms with E-state index < -0.39 is 17.9 Å². The molecule has 1 aliphatic heterocycles. The molecule has 4 rings (SSSR count). The van der Waals surface area contributed by atoms with Crippen molar-refractivity contribution in [2.24, 2.45) is 0 Å². The standard InChI is InChI=1S/C26H21ClN2O6/c1-34-22-13-18(11-20(27)23(22)35-15-17-8-5-9-19(10-17)25(31)32)12-21-24(30)29(26(33)28-21)14-16-6-3-2-4-7-16/h2-13H,14-15H2,1H3,(H,28,33)(H,31,32)/b21-12-. The van der Waals surface area contributed by atoms with Crippen LogP contribution in [0.5, 0.6) is 11.5 Å². The number of aromatic carboxylic acids is 1. The lowest BCUT2D eigenvalue weighted by Crippen LogP contribution is -2.30. The number of amides is 3. The number of ether oxygens (including phenoxy) is 2. The van der Waals surface area contributed by atoms with E-state index in [2.05, 4.69) is 5.32 Å². The molecular weight excluding hydrogens is 472 g/mol. The molecule has 1 saturated heterocycles. The van der Waals surface area contributed by atoms with Crippen LogP contribution in [0.25, 0.3) is 6.08 Å². The molecule has 2 N–H and O–H groups in total. The minimum Gasteiger partial charge on any atom is -0.493 e. The minimum atomic E-state index is -1.03. The van der Waals surface area contributed by atoms with Gasteiger partial charge in [-0.15, -0.1) is 0 Å². The van der Waals surface area contributed by atoms with Gasteiger partial charge < -0.3 is 19.9 Å². The molecule has 0 aliphatic carbocycles. The quantitative estimate of drug-likeness (QED) is 0.348. The molecule has 35 heavy (non-hydrogen) atoms. The van der Waals surface area contributed by atoms with E-state index in [9.17, 15) is 14.4 Å². The van der Waals surface area contributed by atoms with Crippen molar-refractivity contribution in [3.05, 3.63) is 99.7 Å². The molecule has 9 heteroatoms. The van der Waals surface area contributed by atoms with Crippen molar-refractivity contribution < 1.29 is 29.0 Å². The SMILES string of the molecule is COc1cc(/C=C2\NC(=O)N(Cc3ccccc3)C2=O)cc(Cl)c1OCc1cccc(C(=O)O)c1. The van der Waals surface area contributed by atoms with E-state index in [1.807, 2.05) is 30.3 Å². The molecule has 1 aliphatic rings. The minimum absolute atomic E-state index is 0.0701. The van der Waals surface area contributed by atoms with Crippen LogP contribution >= 0.6 is 11.6 Å². The molecule has 0 atom stereocenters. The Bertz CT molecular complexity index is 1320. The van der Waals surface area contributed by atoms with Gasteiger partial charge in [-0.05, 0) is 47.0 Å². The van der Waals surface area contributed by atoms with Gasteiger partial charge >= 0.3 is 12.0 Å². The normalized spacial score (nSPS) is 14.2. The highest BCUT2D eigenvalue weighted by Crippen LogP contribution is 2.37. The summed E-state index contributed by atoms with van der Waals surface area (Å²) in [6, 6.07) is 18.3. The Hall–Kier alpha value is -4.30. The van der Waals surface area contributed by atoms with Crippen LogP contribution in [0.1, 0.15) is 27.0 Å². The smallest absolute Gasteiger partial charge is 0.335 e. The summed E-state index contributed by atoms with van der Waals surface area (Å²) in [7, 11) is 1.45. The number of urea groups is 1. The zero-order chi connectivity index (χ0) is 24.9. The fourth-order valence-electron chi connectivity index (χ4n) is 3.56. The Morgan fingerprint density at radius 1 is 1.06 bits per heavy atom. The number of carbonyl (C=O) groups excluding carboxylic acids is 2. The zero-order valence-electron chi connectivity index (χ0n) is 18.7. The molecule has 3 aromatic carbocycles. The van der Waals surface area contributed by atoms with Gasteiger partial charge in [0.05, 0.1) is 24.2 Å². The van der Waals surface area contributed by atoms with Crippen LogP contribution in [-0.2, 0) is 17.9 Å². The number of carboxylic acid groups (broad SMARTS) is 1. The molecule has 0 spiro atoms. The summed E-state index contributed by atoms with van der Waals surface area (Å²) in [6.45, 7) is 0.226. The van der Waals surface area contributed by atoms with Crippen molar-refractivity contribution in [1.82, 2.24) is 10.2 Å². The third-order valence-corrected chi connectivity index (χ3v) is 5.55. The maximum absolute atomic E-state index is 12.8. The third-order valence-electron chi connectivity index (χ3n) is 5.27. The summed E-state index contributed by atoms with van der Waals surface area (Å²) in [4.78, 5) is 37.5. The predicted molar refractivity (Wildman–Crippen MR) is 129 cm³/mol. The van der Waals surface area contributed by atoms with Crippen LogP contribution in [-0.4, -0.2) is 35.0 Å². The van der Waals surface area contributed by atoms with Gasteiger partial charge in [-0.25, -0.2) is 9.59 Å². The Labute approximate surface area is 206 Å². The van der Waals surface area contributed by atoms with Gasteiger partial charge in [-0.1, -0.05) is 54.1 Å². The molecule has 1 fully saturated rings. The van der Waals surface area contributed by atoms with E-state index >= 15 is 0 Å². The van der Waals surface area contributed by atoms with Crippen LogP contribution in [0.15, 0.2) is 72.4 Å². The van der Waals surface area contributed by atoms with Crippen LogP contribution in [0, 0.1) is 0 Å². The molecule has 8 nitrogen and oxygen atoms in total. The monoisotopic (exact) mass is 492 g/mol. The molecule has 0 radical (unpaired) electrons. The first kappa shape index (κ1) is 23.8. The van der Waals surface area contributed by atoms with Gasteiger partial charge in [0.25, 0.3) is 5.91 Å². The number of hydrogen-bond acceptors (Lipinski definition) is 5. The average molecular weight is 493 g/mol. The number of benzene rings is 3. The number of rotatable bonds is 8. The average Bonchev–Trinajstić information content (AvgIpc) is 3.11. The van der Waals surface area contributed by atoms with Gasteiger partial charge in [-0.3, -0.25) is 9.69 Å². The van der Waals surface area contributed by atoms with Crippen molar-refractivity contribution in [3.8, 4) is 11.5 Å². The molecule has 3 aromatic rings. The van der Waals surface area contributed by atoms with E-state index in [1.54, 1.807) is 24.3 Å². The van der Waals surface area contributed by atoms with Gasteiger partial charge in [0.1, 0.15) is 12.3 Å². The van der Waals surface area contributed by atoms with Crippen LogP contribution < -0.4 is 14.8 Å². The van der Waals surface area contributed by atoms with Crippen LogP contribution in [0.2, 0.25) is 5.02 Å².